The molecule has 1 aromatic heterocycles. The van der Waals surface area contributed by atoms with Crippen molar-refractivity contribution in [3.8, 4) is 0 Å². The molecule has 1 amide bonds. The van der Waals surface area contributed by atoms with E-state index in [0.717, 1.165) is 5.39 Å². The van der Waals surface area contributed by atoms with E-state index in [0.29, 0.717) is 10.5 Å². The quantitative estimate of drug-likeness (QED) is 0.848. The number of hydrogen-bond acceptors (Lipinski definition) is 3. The number of aromatic nitrogens is 1. The van der Waals surface area contributed by atoms with Crippen LogP contribution in [-0.2, 0) is 10.5 Å². The first-order valence-corrected chi connectivity index (χ1v) is 5.61. The van der Waals surface area contributed by atoms with Crippen molar-refractivity contribution in [1.29, 1.82) is 0 Å². The third kappa shape index (κ3) is 2.12. The van der Waals surface area contributed by atoms with Gasteiger partial charge < -0.3 is 4.98 Å². The topological polar surface area (TPSA) is 79.4 Å². The zero-order valence-corrected chi connectivity index (χ0v) is 9.34. The smallest absolute Gasteiger partial charge is 0.319 e. The van der Waals surface area contributed by atoms with Gasteiger partial charge in [-0.1, -0.05) is 16.0 Å². The van der Waals surface area contributed by atoms with E-state index in [1.54, 1.807) is 18.2 Å². The van der Waals surface area contributed by atoms with Crippen molar-refractivity contribution in [2.75, 3.05) is 0 Å². The molecule has 0 unspecified atom stereocenters. The Morgan fingerprint density at radius 1 is 1.31 bits per heavy atom. The minimum atomic E-state index is -2.74. The van der Waals surface area contributed by atoms with Crippen molar-refractivity contribution in [1.82, 2.24) is 4.98 Å². The first-order valence-electron chi connectivity index (χ1n) is 4.20. The van der Waals surface area contributed by atoms with Crippen LogP contribution in [0.25, 0.3) is 10.9 Å². The Kier molecular flexibility index (Phi) is 2.76. The first-order chi connectivity index (χ1) is 7.56. The van der Waals surface area contributed by atoms with Crippen molar-refractivity contribution in [3.63, 3.8) is 0 Å². The van der Waals surface area contributed by atoms with E-state index < -0.39 is 16.4 Å². The summed E-state index contributed by atoms with van der Waals surface area (Å²) in [6.07, 6.45) is 0. The van der Waals surface area contributed by atoms with Gasteiger partial charge in [0.25, 0.3) is 0 Å². The molecule has 0 spiro atoms. The van der Waals surface area contributed by atoms with E-state index in [2.05, 4.69) is 9.35 Å². The molecular formula is C9H5ClN2O3S. The lowest BCUT2D eigenvalue weighted by Gasteiger charge is -1.88. The molecule has 16 heavy (non-hydrogen) atoms. The van der Waals surface area contributed by atoms with Gasteiger partial charge in [-0.2, -0.15) is 8.42 Å². The van der Waals surface area contributed by atoms with Crippen molar-refractivity contribution in [2.45, 2.75) is 0 Å². The van der Waals surface area contributed by atoms with Crippen LogP contribution >= 0.6 is 11.6 Å². The molecule has 0 aliphatic heterocycles. The number of fused-ring (bicyclic) bond motifs is 1. The number of amides is 1. The Morgan fingerprint density at radius 3 is 2.75 bits per heavy atom. The summed E-state index contributed by atoms with van der Waals surface area (Å²) in [4.78, 5) is 14.0. The minimum absolute atomic E-state index is 0.112. The van der Waals surface area contributed by atoms with E-state index in [1.165, 1.54) is 6.07 Å². The lowest BCUT2D eigenvalue weighted by Crippen LogP contribution is -1.93. The third-order valence-electron chi connectivity index (χ3n) is 1.97. The molecule has 82 valence electrons. The number of H-pyrrole nitrogens is 1. The molecule has 0 bridgehead atoms. The number of aromatic amines is 1. The highest BCUT2D eigenvalue weighted by molar-refractivity contribution is 7.62. The van der Waals surface area contributed by atoms with E-state index in [9.17, 15) is 13.2 Å². The highest BCUT2D eigenvalue weighted by Gasteiger charge is 2.08. The average Bonchev–Trinajstić information content (AvgIpc) is 2.59. The summed E-state index contributed by atoms with van der Waals surface area (Å²) in [7, 11) is -2.74. The maximum absolute atomic E-state index is 11.3. The first kappa shape index (κ1) is 10.8. The van der Waals surface area contributed by atoms with Gasteiger partial charge in [0.1, 0.15) is 5.69 Å². The number of carbonyl (C=O) groups is 1. The fraction of sp³-hybridized carbons (Fsp3) is 0. The van der Waals surface area contributed by atoms with Crippen molar-refractivity contribution >= 4 is 38.9 Å². The van der Waals surface area contributed by atoms with Gasteiger partial charge in [0.15, 0.2) is 0 Å². The number of nitrogens with one attached hydrogen (secondary N) is 1. The van der Waals surface area contributed by atoms with Crippen LogP contribution < -0.4 is 0 Å². The monoisotopic (exact) mass is 256 g/mol. The molecule has 0 fully saturated rings. The zero-order chi connectivity index (χ0) is 11.7. The molecule has 0 aliphatic carbocycles. The maximum Gasteiger partial charge on any atom is 0.319 e. The fourth-order valence-electron chi connectivity index (χ4n) is 1.34. The molecule has 0 saturated heterocycles. The molecule has 1 N–H and O–H groups in total. The second-order valence-corrected chi connectivity index (χ2v) is 4.08. The Labute approximate surface area is 96.7 Å². The number of rotatable bonds is 1. The Morgan fingerprint density at radius 2 is 2.06 bits per heavy atom. The molecule has 5 nitrogen and oxygen atoms in total. The van der Waals surface area contributed by atoms with Gasteiger partial charge in [-0.05, 0) is 24.3 Å². The van der Waals surface area contributed by atoms with Crippen LogP contribution in [-0.4, -0.2) is 19.3 Å². The van der Waals surface area contributed by atoms with Crippen LogP contribution in [0.5, 0.6) is 0 Å². The van der Waals surface area contributed by atoms with Crippen LogP contribution in [0.1, 0.15) is 10.5 Å². The van der Waals surface area contributed by atoms with Gasteiger partial charge in [-0.15, -0.1) is 0 Å². The van der Waals surface area contributed by atoms with Crippen LogP contribution in [0.2, 0.25) is 5.02 Å². The van der Waals surface area contributed by atoms with Crippen molar-refractivity contribution in [2.24, 2.45) is 4.36 Å². The minimum Gasteiger partial charge on any atom is -0.350 e. The fourth-order valence-corrected chi connectivity index (χ4v) is 1.75. The van der Waals surface area contributed by atoms with Crippen molar-refractivity contribution in [3.05, 3.63) is 35.0 Å². The zero-order valence-electron chi connectivity index (χ0n) is 7.77. The van der Waals surface area contributed by atoms with Crippen LogP contribution in [0.15, 0.2) is 28.6 Å². The summed E-state index contributed by atoms with van der Waals surface area (Å²) >= 11 is 5.77. The highest BCUT2D eigenvalue weighted by Crippen LogP contribution is 2.20. The largest absolute Gasteiger partial charge is 0.350 e. The number of hydrogen-bond donors (Lipinski definition) is 1. The summed E-state index contributed by atoms with van der Waals surface area (Å²) in [5.41, 5.74) is 0.807. The maximum atomic E-state index is 11.3. The van der Waals surface area contributed by atoms with E-state index >= 15 is 0 Å². The van der Waals surface area contributed by atoms with E-state index in [-0.39, 0.29) is 5.69 Å². The predicted octanol–water partition coefficient (Wildman–Crippen LogP) is 2.02. The number of halogens is 1. The molecule has 2 rings (SSSR count). The molecule has 0 atom stereocenters. The van der Waals surface area contributed by atoms with Gasteiger partial charge in [0, 0.05) is 15.9 Å². The second-order valence-electron chi connectivity index (χ2n) is 3.03. The highest BCUT2D eigenvalue weighted by atomic mass is 35.5. The standard InChI is InChI=1S/C9H5ClN2O3S/c10-6-1-2-7-5(3-6)4-8(11-7)9(13)12-16(14)15/h1-4,11H. The summed E-state index contributed by atoms with van der Waals surface area (Å²) in [5.74, 6) is -0.833. The van der Waals surface area contributed by atoms with E-state index in [1.807, 2.05) is 0 Å². The van der Waals surface area contributed by atoms with Crippen molar-refractivity contribution < 1.29 is 13.2 Å². The molecule has 1 heterocycles. The van der Waals surface area contributed by atoms with Crippen LogP contribution in [0.3, 0.4) is 0 Å². The normalized spacial score (nSPS) is 10.3. The summed E-state index contributed by atoms with van der Waals surface area (Å²) in [5, 5.41) is 1.26. The Balaban J connectivity index is 2.55. The molecular weight excluding hydrogens is 252 g/mol. The van der Waals surface area contributed by atoms with E-state index in [4.69, 9.17) is 11.6 Å². The third-order valence-corrected chi connectivity index (χ3v) is 2.52. The molecule has 0 saturated carbocycles. The number of nitrogens with zero attached hydrogens (tertiary/aromatic N) is 1. The van der Waals surface area contributed by atoms with Crippen LogP contribution in [0, 0.1) is 0 Å². The van der Waals surface area contributed by atoms with Gasteiger partial charge >= 0.3 is 16.4 Å². The van der Waals surface area contributed by atoms with Crippen LogP contribution in [0.4, 0.5) is 0 Å². The average molecular weight is 257 g/mol. The Bertz CT molecular complexity index is 695. The SMILES string of the molecule is O=C(N=S(=O)=O)c1cc2cc(Cl)ccc2[nH]1. The molecule has 0 aliphatic rings. The molecule has 2 aromatic rings. The molecule has 7 heteroatoms. The summed E-state index contributed by atoms with van der Waals surface area (Å²) in [6.45, 7) is 0. The summed E-state index contributed by atoms with van der Waals surface area (Å²) < 4.78 is 23.3. The van der Waals surface area contributed by atoms with Gasteiger partial charge in [-0.25, -0.2) is 0 Å². The van der Waals surface area contributed by atoms with Gasteiger partial charge in [-0.3, -0.25) is 4.79 Å². The summed E-state index contributed by atoms with van der Waals surface area (Å²) in [6, 6.07) is 6.53. The van der Waals surface area contributed by atoms with Gasteiger partial charge in [0.05, 0.1) is 0 Å². The predicted molar refractivity (Wildman–Crippen MR) is 59.0 cm³/mol. The van der Waals surface area contributed by atoms with Gasteiger partial charge in [0.2, 0.25) is 0 Å². The lowest BCUT2D eigenvalue weighted by molar-refractivity contribution is 0.100. The lowest BCUT2D eigenvalue weighted by atomic mass is 10.2. The number of carbonyl (C=O) groups excluding carboxylic acids is 1. The number of benzene rings is 1. The Hall–Kier alpha value is -1.66. The molecule has 1 aromatic carbocycles. The second kappa shape index (κ2) is 4.07. The molecule has 0 radical (unpaired) electrons.